The molecule has 0 unspecified atom stereocenters. The number of nitrogens with zero attached hydrogens (tertiary/aromatic N) is 3. The van der Waals surface area contributed by atoms with E-state index in [1.165, 1.54) is 0 Å². The van der Waals surface area contributed by atoms with E-state index in [0.29, 0.717) is 11.6 Å². The van der Waals surface area contributed by atoms with Gasteiger partial charge in [-0.2, -0.15) is 5.10 Å². The number of aryl methyl sites for hydroxylation is 1. The number of rotatable bonds is 3. The van der Waals surface area contributed by atoms with Gasteiger partial charge >= 0.3 is 0 Å². The summed E-state index contributed by atoms with van der Waals surface area (Å²) in [6, 6.07) is 7.39. The molecule has 0 aliphatic carbocycles. The first kappa shape index (κ1) is 11.1. The molecule has 2 aromatic rings. The highest BCUT2D eigenvalue weighted by Gasteiger charge is 2.00. The van der Waals surface area contributed by atoms with Gasteiger partial charge in [-0.05, 0) is 24.6 Å². The van der Waals surface area contributed by atoms with Crippen LogP contribution in [-0.2, 0) is 0 Å². The molecule has 0 fully saturated rings. The van der Waals surface area contributed by atoms with Gasteiger partial charge in [0.15, 0.2) is 0 Å². The second kappa shape index (κ2) is 5.07. The van der Waals surface area contributed by atoms with Crippen LogP contribution in [0.4, 0.5) is 0 Å². The molecule has 5 nitrogen and oxygen atoms in total. The van der Waals surface area contributed by atoms with E-state index in [1.54, 1.807) is 18.6 Å². The highest BCUT2D eigenvalue weighted by Crippen LogP contribution is 2.19. The van der Waals surface area contributed by atoms with E-state index in [9.17, 15) is 0 Å². The van der Waals surface area contributed by atoms with Crippen molar-refractivity contribution in [1.29, 1.82) is 0 Å². The van der Waals surface area contributed by atoms with Crippen LogP contribution in [0.15, 0.2) is 41.8 Å². The van der Waals surface area contributed by atoms with Crippen LogP contribution in [0.3, 0.4) is 0 Å². The summed E-state index contributed by atoms with van der Waals surface area (Å²) in [6.07, 6.45) is 4.79. The van der Waals surface area contributed by atoms with Gasteiger partial charge in [-0.15, -0.1) is 0 Å². The fourth-order valence-corrected chi connectivity index (χ4v) is 1.35. The predicted molar refractivity (Wildman–Crippen MR) is 65.1 cm³/mol. The summed E-state index contributed by atoms with van der Waals surface area (Å²) in [4.78, 5) is 8.21. The maximum absolute atomic E-state index is 5.57. The normalized spacial score (nSPS) is 10.6. The molecule has 0 bridgehead atoms. The van der Waals surface area contributed by atoms with Crippen molar-refractivity contribution in [2.75, 3.05) is 0 Å². The Morgan fingerprint density at radius 3 is 3.00 bits per heavy atom. The number of hydrogen-bond donors (Lipinski definition) is 1. The second-order valence-electron chi connectivity index (χ2n) is 3.45. The van der Waals surface area contributed by atoms with E-state index in [1.807, 2.05) is 31.2 Å². The molecule has 0 saturated carbocycles. The summed E-state index contributed by atoms with van der Waals surface area (Å²) in [5, 5.41) is 3.46. The smallest absolute Gasteiger partial charge is 0.238 e. The van der Waals surface area contributed by atoms with Crippen molar-refractivity contribution < 1.29 is 4.74 Å². The largest absolute Gasteiger partial charge is 0.437 e. The number of nitrogens with two attached hydrogens (primary N) is 1. The highest BCUT2D eigenvalue weighted by molar-refractivity contribution is 5.79. The lowest BCUT2D eigenvalue weighted by Gasteiger charge is -2.05. The van der Waals surface area contributed by atoms with Crippen molar-refractivity contribution in [2.24, 2.45) is 10.9 Å². The zero-order chi connectivity index (χ0) is 12.1. The number of aromatic nitrogens is 2. The molecule has 0 amide bonds. The summed E-state index contributed by atoms with van der Waals surface area (Å²) in [5.74, 6) is 6.22. The third-order valence-corrected chi connectivity index (χ3v) is 2.04. The average molecular weight is 228 g/mol. The van der Waals surface area contributed by atoms with Crippen molar-refractivity contribution in [3.8, 4) is 11.6 Å². The van der Waals surface area contributed by atoms with Crippen LogP contribution in [0.25, 0.3) is 0 Å². The van der Waals surface area contributed by atoms with Gasteiger partial charge in [0.2, 0.25) is 5.88 Å². The molecule has 0 atom stereocenters. The molecule has 1 aromatic carbocycles. The van der Waals surface area contributed by atoms with Crippen molar-refractivity contribution >= 4 is 6.21 Å². The van der Waals surface area contributed by atoms with Crippen LogP contribution < -0.4 is 10.6 Å². The van der Waals surface area contributed by atoms with Crippen molar-refractivity contribution in [1.82, 2.24) is 9.97 Å². The van der Waals surface area contributed by atoms with Crippen molar-refractivity contribution in [2.45, 2.75) is 6.92 Å². The fraction of sp³-hybridized carbons (Fsp3) is 0.0833. The van der Waals surface area contributed by atoms with Gasteiger partial charge in [0, 0.05) is 6.20 Å². The van der Waals surface area contributed by atoms with Crippen LogP contribution in [0.5, 0.6) is 11.6 Å². The van der Waals surface area contributed by atoms with Crippen molar-refractivity contribution in [3.63, 3.8) is 0 Å². The summed E-state index contributed by atoms with van der Waals surface area (Å²) in [6.45, 7) is 1.86. The summed E-state index contributed by atoms with van der Waals surface area (Å²) >= 11 is 0. The quantitative estimate of drug-likeness (QED) is 0.494. The lowest BCUT2D eigenvalue weighted by Crippen LogP contribution is -1.92. The van der Waals surface area contributed by atoms with E-state index in [0.717, 1.165) is 11.3 Å². The van der Waals surface area contributed by atoms with Crippen LogP contribution in [0, 0.1) is 6.92 Å². The first-order chi connectivity index (χ1) is 8.28. The Bertz CT molecular complexity index is 540. The molecule has 0 radical (unpaired) electrons. The summed E-state index contributed by atoms with van der Waals surface area (Å²) in [7, 11) is 0. The van der Waals surface area contributed by atoms with Gasteiger partial charge in [0.1, 0.15) is 5.75 Å². The average Bonchev–Trinajstić information content (AvgIpc) is 2.30. The summed E-state index contributed by atoms with van der Waals surface area (Å²) in [5.41, 5.74) is 1.67. The standard InChI is InChI=1S/C12H12N4O/c1-9-6-14-8-12(16-9)17-11-4-2-3-10(5-11)7-15-13/h2-8H,13H2,1H3. The van der Waals surface area contributed by atoms with E-state index in [2.05, 4.69) is 15.1 Å². The van der Waals surface area contributed by atoms with Gasteiger partial charge in [-0.25, -0.2) is 4.98 Å². The van der Waals surface area contributed by atoms with E-state index >= 15 is 0 Å². The molecular formula is C12H12N4O. The van der Waals surface area contributed by atoms with Crippen LogP contribution in [-0.4, -0.2) is 16.2 Å². The zero-order valence-corrected chi connectivity index (χ0v) is 9.37. The predicted octanol–water partition coefficient (Wildman–Crippen LogP) is 1.87. The minimum absolute atomic E-state index is 0.465. The highest BCUT2D eigenvalue weighted by atomic mass is 16.5. The zero-order valence-electron chi connectivity index (χ0n) is 9.37. The van der Waals surface area contributed by atoms with E-state index < -0.39 is 0 Å². The minimum Gasteiger partial charge on any atom is -0.437 e. The first-order valence-electron chi connectivity index (χ1n) is 5.08. The number of benzene rings is 1. The summed E-state index contributed by atoms with van der Waals surface area (Å²) < 4.78 is 5.57. The number of ether oxygens (including phenoxy) is 1. The molecule has 17 heavy (non-hydrogen) atoms. The second-order valence-corrected chi connectivity index (χ2v) is 3.45. The lowest BCUT2D eigenvalue weighted by molar-refractivity contribution is 0.458. The molecular weight excluding hydrogens is 216 g/mol. The van der Waals surface area contributed by atoms with E-state index in [4.69, 9.17) is 10.6 Å². The maximum atomic E-state index is 5.57. The molecule has 0 aliphatic rings. The maximum Gasteiger partial charge on any atom is 0.238 e. The topological polar surface area (TPSA) is 73.4 Å². The van der Waals surface area contributed by atoms with E-state index in [-0.39, 0.29) is 0 Å². The number of hydrogen-bond acceptors (Lipinski definition) is 5. The molecule has 2 rings (SSSR count). The molecule has 2 N–H and O–H groups in total. The van der Waals surface area contributed by atoms with Crippen LogP contribution >= 0.6 is 0 Å². The van der Waals surface area contributed by atoms with Gasteiger partial charge in [-0.3, -0.25) is 4.98 Å². The molecule has 0 spiro atoms. The Kier molecular flexibility index (Phi) is 3.30. The molecule has 0 saturated heterocycles. The van der Waals surface area contributed by atoms with Crippen LogP contribution in [0.2, 0.25) is 0 Å². The Morgan fingerprint density at radius 2 is 2.24 bits per heavy atom. The molecule has 5 heteroatoms. The van der Waals surface area contributed by atoms with Gasteiger partial charge in [0.25, 0.3) is 0 Å². The third kappa shape index (κ3) is 3.01. The minimum atomic E-state index is 0.465. The molecule has 1 aromatic heterocycles. The fourth-order valence-electron chi connectivity index (χ4n) is 1.35. The van der Waals surface area contributed by atoms with Crippen molar-refractivity contribution in [3.05, 3.63) is 47.9 Å². The monoisotopic (exact) mass is 228 g/mol. The molecule has 0 aliphatic heterocycles. The van der Waals surface area contributed by atoms with Gasteiger partial charge in [-0.1, -0.05) is 12.1 Å². The first-order valence-corrected chi connectivity index (χ1v) is 5.08. The van der Waals surface area contributed by atoms with Gasteiger partial charge in [0.05, 0.1) is 18.1 Å². The lowest BCUT2D eigenvalue weighted by atomic mass is 10.2. The third-order valence-electron chi connectivity index (χ3n) is 2.04. The Morgan fingerprint density at radius 1 is 1.35 bits per heavy atom. The Balaban J connectivity index is 2.21. The SMILES string of the molecule is Cc1cncc(Oc2cccc(C=NN)c2)n1. The van der Waals surface area contributed by atoms with Gasteiger partial charge < -0.3 is 10.6 Å². The Labute approximate surface area is 99.0 Å². The molecule has 86 valence electrons. The van der Waals surface area contributed by atoms with Crippen LogP contribution in [0.1, 0.15) is 11.3 Å². The molecule has 1 heterocycles. The Hall–Kier alpha value is -2.43. The number of hydrazone groups is 1.